The van der Waals surface area contributed by atoms with Crippen LogP contribution in [0.1, 0.15) is 5.56 Å². The molecule has 34 heavy (non-hydrogen) atoms. The summed E-state index contributed by atoms with van der Waals surface area (Å²) in [4.78, 5) is 2.46. The molecular formula is C31H21BN2. The summed E-state index contributed by atoms with van der Waals surface area (Å²) in [7, 11) is 0. The smallest absolute Gasteiger partial charge is 0.252 e. The van der Waals surface area contributed by atoms with Gasteiger partial charge in [-0.2, -0.15) is 0 Å². The van der Waals surface area contributed by atoms with Crippen LogP contribution in [-0.2, 0) is 0 Å². The van der Waals surface area contributed by atoms with E-state index in [-0.39, 0.29) is 6.71 Å². The minimum absolute atomic E-state index is 0.210. The van der Waals surface area contributed by atoms with Crippen molar-refractivity contribution in [2.24, 2.45) is 0 Å². The SMILES string of the molecule is Cc1cc2c3c4c1c1ccccc1n4-c1ccccc1B3c1ccccc1N2c1ccccc1. The third-order valence-electron chi connectivity index (χ3n) is 7.67. The highest BCUT2D eigenvalue weighted by atomic mass is 15.2. The van der Waals surface area contributed by atoms with E-state index < -0.39 is 0 Å². The molecule has 2 aliphatic heterocycles. The van der Waals surface area contributed by atoms with Gasteiger partial charge in [-0.25, -0.2) is 0 Å². The van der Waals surface area contributed by atoms with Crippen molar-refractivity contribution in [1.29, 1.82) is 0 Å². The standard InChI is InChI=1S/C31H21BN2/c1-20-19-28-30-31-29(20)22-13-5-8-16-25(22)34(31)27-18-10-7-15-24(27)32(30)23-14-6-9-17-26(23)33(28)21-11-3-2-4-12-21/h2-19H,1H3. The normalized spacial score (nSPS) is 13.3. The summed E-state index contributed by atoms with van der Waals surface area (Å²) in [6, 6.07) is 40.0. The molecule has 0 spiro atoms. The zero-order valence-electron chi connectivity index (χ0n) is 18.9. The Kier molecular flexibility index (Phi) is 3.44. The highest BCUT2D eigenvalue weighted by Gasteiger charge is 2.42. The molecule has 0 bridgehead atoms. The number of hydrogen-bond donors (Lipinski definition) is 0. The van der Waals surface area contributed by atoms with Crippen LogP contribution >= 0.6 is 0 Å². The van der Waals surface area contributed by atoms with Gasteiger partial charge < -0.3 is 9.47 Å². The monoisotopic (exact) mass is 432 g/mol. The lowest BCUT2D eigenvalue weighted by atomic mass is 9.34. The third kappa shape index (κ3) is 2.12. The van der Waals surface area contributed by atoms with Gasteiger partial charge in [-0.05, 0) is 65.3 Å². The van der Waals surface area contributed by atoms with E-state index >= 15 is 0 Å². The number of aryl methyl sites for hydroxylation is 1. The van der Waals surface area contributed by atoms with Crippen molar-refractivity contribution < 1.29 is 0 Å². The Hall–Kier alpha value is -4.24. The fourth-order valence-corrected chi connectivity index (χ4v) is 6.42. The van der Waals surface area contributed by atoms with Crippen LogP contribution in [-0.4, -0.2) is 11.3 Å². The molecule has 0 saturated heterocycles. The molecule has 8 rings (SSSR count). The predicted molar refractivity (Wildman–Crippen MR) is 145 cm³/mol. The molecule has 0 radical (unpaired) electrons. The van der Waals surface area contributed by atoms with Gasteiger partial charge in [-0.3, -0.25) is 0 Å². The van der Waals surface area contributed by atoms with Crippen LogP contribution < -0.4 is 21.3 Å². The number of fused-ring (bicyclic) bond motifs is 8. The third-order valence-corrected chi connectivity index (χ3v) is 7.67. The number of para-hydroxylation sites is 4. The second kappa shape index (κ2) is 6.42. The number of benzene rings is 5. The van der Waals surface area contributed by atoms with Crippen LogP contribution in [0.4, 0.5) is 17.1 Å². The van der Waals surface area contributed by atoms with Crippen molar-refractivity contribution in [3.05, 3.63) is 115 Å². The van der Waals surface area contributed by atoms with Crippen LogP contribution in [0.5, 0.6) is 0 Å². The van der Waals surface area contributed by atoms with Crippen LogP contribution in [0.25, 0.3) is 27.5 Å². The lowest BCUT2D eigenvalue weighted by molar-refractivity contribution is 1.18. The maximum atomic E-state index is 2.51. The summed E-state index contributed by atoms with van der Waals surface area (Å²) < 4.78 is 2.51. The van der Waals surface area contributed by atoms with Gasteiger partial charge in [0.25, 0.3) is 6.71 Å². The van der Waals surface area contributed by atoms with Crippen molar-refractivity contribution in [3.63, 3.8) is 0 Å². The van der Waals surface area contributed by atoms with E-state index in [4.69, 9.17) is 0 Å². The highest BCUT2D eigenvalue weighted by Crippen LogP contribution is 2.43. The van der Waals surface area contributed by atoms with E-state index in [2.05, 4.69) is 126 Å². The zero-order chi connectivity index (χ0) is 22.4. The van der Waals surface area contributed by atoms with Gasteiger partial charge in [0, 0.05) is 33.5 Å². The Morgan fingerprint density at radius 1 is 0.618 bits per heavy atom. The molecule has 6 aromatic rings. The summed E-state index contributed by atoms with van der Waals surface area (Å²) in [5.41, 5.74) is 13.2. The first-order chi connectivity index (χ1) is 16.8. The molecule has 2 nitrogen and oxygen atoms in total. The molecule has 3 heteroatoms. The lowest BCUT2D eigenvalue weighted by Crippen LogP contribution is -2.60. The minimum atomic E-state index is 0.210. The Morgan fingerprint density at radius 3 is 2.09 bits per heavy atom. The Balaban J connectivity index is 1.63. The molecule has 0 atom stereocenters. The minimum Gasteiger partial charge on any atom is -0.311 e. The van der Waals surface area contributed by atoms with Gasteiger partial charge in [0.15, 0.2) is 0 Å². The van der Waals surface area contributed by atoms with E-state index in [1.807, 2.05) is 0 Å². The zero-order valence-corrected chi connectivity index (χ0v) is 18.9. The predicted octanol–water partition coefficient (Wildman–Crippen LogP) is 5.70. The van der Waals surface area contributed by atoms with Gasteiger partial charge in [0.05, 0.1) is 11.0 Å². The average Bonchev–Trinajstić information content (AvgIpc) is 3.25. The number of anilines is 3. The van der Waals surface area contributed by atoms with E-state index in [1.54, 1.807) is 0 Å². The molecule has 1 aromatic heterocycles. The summed E-state index contributed by atoms with van der Waals surface area (Å²) in [5, 5.41) is 2.71. The Morgan fingerprint density at radius 2 is 1.26 bits per heavy atom. The maximum Gasteiger partial charge on any atom is 0.252 e. The van der Waals surface area contributed by atoms with E-state index in [0.29, 0.717) is 0 Å². The molecule has 0 fully saturated rings. The number of aromatic nitrogens is 1. The van der Waals surface area contributed by atoms with Crippen LogP contribution in [0.15, 0.2) is 109 Å². The molecule has 2 aliphatic rings. The topological polar surface area (TPSA) is 8.17 Å². The number of rotatable bonds is 1. The van der Waals surface area contributed by atoms with Crippen molar-refractivity contribution in [1.82, 2.24) is 4.57 Å². The summed E-state index contributed by atoms with van der Waals surface area (Å²) in [6.07, 6.45) is 0. The number of hydrogen-bond acceptors (Lipinski definition) is 1. The first-order valence-electron chi connectivity index (χ1n) is 11.9. The van der Waals surface area contributed by atoms with Gasteiger partial charge >= 0.3 is 0 Å². The molecule has 0 saturated carbocycles. The van der Waals surface area contributed by atoms with Crippen molar-refractivity contribution in [2.45, 2.75) is 6.92 Å². The van der Waals surface area contributed by atoms with E-state index in [0.717, 1.165) is 0 Å². The van der Waals surface area contributed by atoms with Gasteiger partial charge in [0.2, 0.25) is 0 Å². The van der Waals surface area contributed by atoms with E-state index in [9.17, 15) is 0 Å². The molecule has 0 amide bonds. The van der Waals surface area contributed by atoms with Crippen LogP contribution in [0, 0.1) is 6.92 Å². The average molecular weight is 432 g/mol. The van der Waals surface area contributed by atoms with Crippen LogP contribution in [0.2, 0.25) is 0 Å². The summed E-state index contributed by atoms with van der Waals surface area (Å²) in [6.45, 7) is 2.48. The fraction of sp³-hybridized carbons (Fsp3) is 0.0323. The van der Waals surface area contributed by atoms with Gasteiger partial charge in [-0.1, -0.05) is 72.8 Å². The first-order valence-corrected chi connectivity index (χ1v) is 11.9. The maximum absolute atomic E-state index is 2.51. The molecule has 3 heterocycles. The van der Waals surface area contributed by atoms with Gasteiger partial charge in [0.1, 0.15) is 0 Å². The quantitative estimate of drug-likeness (QED) is 0.302. The van der Waals surface area contributed by atoms with Crippen molar-refractivity contribution in [3.8, 4) is 5.69 Å². The highest BCUT2D eigenvalue weighted by molar-refractivity contribution is 7.00. The molecule has 0 aliphatic carbocycles. The summed E-state index contributed by atoms with van der Waals surface area (Å²) >= 11 is 0. The number of nitrogens with zero attached hydrogens (tertiary/aromatic N) is 2. The second-order valence-corrected chi connectivity index (χ2v) is 9.42. The first kappa shape index (κ1) is 18.2. The summed E-state index contributed by atoms with van der Waals surface area (Å²) in [5.74, 6) is 0. The largest absolute Gasteiger partial charge is 0.311 e. The van der Waals surface area contributed by atoms with Gasteiger partial charge in [-0.15, -0.1) is 0 Å². The van der Waals surface area contributed by atoms with Crippen molar-refractivity contribution in [2.75, 3.05) is 4.90 Å². The molecular weight excluding hydrogens is 411 g/mol. The molecule has 158 valence electrons. The molecule has 0 unspecified atom stereocenters. The van der Waals surface area contributed by atoms with Crippen molar-refractivity contribution >= 4 is 62.0 Å². The Bertz CT molecular complexity index is 1780. The second-order valence-electron chi connectivity index (χ2n) is 9.42. The van der Waals surface area contributed by atoms with Crippen LogP contribution in [0.3, 0.4) is 0 Å². The Labute approximate surface area is 198 Å². The molecule has 0 N–H and O–H groups in total. The van der Waals surface area contributed by atoms with E-state index in [1.165, 1.54) is 66.5 Å². The fourth-order valence-electron chi connectivity index (χ4n) is 6.42. The molecule has 5 aromatic carbocycles. The lowest BCUT2D eigenvalue weighted by Gasteiger charge is -2.40.